The van der Waals surface area contributed by atoms with Gasteiger partial charge in [-0.2, -0.15) is 0 Å². The first kappa shape index (κ1) is 17.2. The monoisotopic (exact) mass is 354 g/mol. The fraction of sp³-hybridized carbons (Fsp3) is 0.0952. The number of ether oxygens (including phenoxy) is 1. The van der Waals surface area contributed by atoms with Gasteiger partial charge in [-0.3, -0.25) is 0 Å². The molecule has 3 aromatic carbocycles. The second kappa shape index (κ2) is 7.49. The number of rotatable bonds is 4. The average molecular weight is 355 g/mol. The van der Waals surface area contributed by atoms with Crippen LogP contribution in [0.3, 0.4) is 0 Å². The Kier molecular flexibility index (Phi) is 5.15. The van der Waals surface area contributed by atoms with E-state index in [4.69, 9.17) is 16.3 Å². The van der Waals surface area contributed by atoms with Gasteiger partial charge in [-0.05, 0) is 59.5 Å². The van der Waals surface area contributed by atoms with Gasteiger partial charge in [0.25, 0.3) is 0 Å². The van der Waals surface area contributed by atoms with E-state index >= 15 is 0 Å². The van der Waals surface area contributed by atoms with E-state index in [2.05, 4.69) is 0 Å². The van der Waals surface area contributed by atoms with Crippen molar-refractivity contribution in [3.8, 4) is 22.3 Å². The van der Waals surface area contributed by atoms with Crippen LogP contribution in [0.2, 0.25) is 5.02 Å². The summed E-state index contributed by atoms with van der Waals surface area (Å²) in [5.41, 5.74) is 3.73. The first-order valence-electron chi connectivity index (χ1n) is 7.91. The molecule has 126 valence electrons. The highest BCUT2D eigenvalue weighted by Crippen LogP contribution is 2.30. The Hall–Kier alpha value is -2.65. The van der Waals surface area contributed by atoms with Gasteiger partial charge in [0.15, 0.2) is 0 Å². The fourth-order valence-corrected chi connectivity index (χ4v) is 2.75. The van der Waals surface area contributed by atoms with Crippen LogP contribution in [0.1, 0.15) is 17.3 Å². The molecule has 0 saturated carbocycles. The van der Waals surface area contributed by atoms with Crippen LogP contribution in [0.5, 0.6) is 0 Å². The zero-order valence-electron chi connectivity index (χ0n) is 13.6. The quantitative estimate of drug-likeness (QED) is 0.538. The van der Waals surface area contributed by atoms with E-state index in [1.807, 2.05) is 24.3 Å². The van der Waals surface area contributed by atoms with E-state index in [9.17, 15) is 9.18 Å². The summed E-state index contributed by atoms with van der Waals surface area (Å²) in [7, 11) is 0. The summed E-state index contributed by atoms with van der Waals surface area (Å²) in [6, 6.07) is 19.0. The Morgan fingerprint density at radius 3 is 2.16 bits per heavy atom. The number of hydrogen-bond acceptors (Lipinski definition) is 2. The largest absolute Gasteiger partial charge is 0.462 e. The molecule has 0 heterocycles. The van der Waals surface area contributed by atoms with Crippen molar-refractivity contribution in [2.45, 2.75) is 6.92 Å². The van der Waals surface area contributed by atoms with E-state index in [0.717, 1.165) is 16.7 Å². The van der Waals surface area contributed by atoms with Crippen molar-refractivity contribution >= 4 is 17.6 Å². The molecule has 2 nitrogen and oxygen atoms in total. The summed E-state index contributed by atoms with van der Waals surface area (Å²) < 4.78 is 18.4. The molecule has 0 aliphatic carbocycles. The third-order valence-electron chi connectivity index (χ3n) is 3.85. The maximum Gasteiger partial charge on any atom is 0.338 e. The lowest BCUT2D eigenvalue weighted by Crippen LogP contribution is -2.07. The van der Waals surface area contributed by atoms with Crippen molar-refractivity contribution in [1.29, 1.82) is 0 Å². The molecule has 0 saturated heterocycles. The van der Waals surface area contributed by atoms with Crippen molar-refractivity contribution in [3.63, 3.8) is 0 Å². The summed E-state index contributed by atoms with van der Waals surface area (Å²) in [5.74, 6) is -0.725. The van der Waals surface area contributed by atoms with Gasteiger partial charge in [-0.15, -0.1) is 0 Å². The molecular weight excluding hydrogens is 339 g/mol. The second-order valence-corrected chi connectivity index (χ2v) is 5.93. The molecule has 3 aromatic rings. The smallest absolute Gasteiger partial charge is 0.338 e. The van der Waals surface area contributed by atoms with Crippen LogP contribution in [0.25, 0.3) is 22.3 Å². The average Bonchev–Trinajstić information content (AvgIpc) is 2.63. The Labute approximate surface area is 150 Å². The molecule has 0 fully saturated rings. The fourth-order valence-electron chi connectivity index (χ4n) is 2.63. The van der Waals surface area contributed by atoms with E-state index in [1.165, 1.54) is 12.1 Å². The van der Waals surface area contributed by atoms with Crippen molar-refractivity contribution in [2.75, 3.05) is 6.61 Å². The SMILES string of the molecule is CCOC(=O)c1cc(-c2ccc(Cl)cc2)ccc1-c1ccc(F)cc1. The number of carbonyl (C=O) groups excluding carboxylic acids is 1. The molecule has 0 atom stereocenters. The number of hydrogen-bond donors (Lipinski definition) is 0. The number of benzene rings is 3. The van der Waals surface area contributed by atoms with Gasteiger partial charge in [0.05, 0.1) is 12.2 Å². The first-order chi connectivity index (χ1) is 12.1. The first-order valence-corrected chi connectivity index (χ1v) is 8.29. The van der Waals surface area contributed by atoms with Crippen LogP contribution in [0.15, 0.2) is 66.7 Å². The summed E-state index contributed by atoms with van der Waals surface area (Å²) in [6.07, 6.45) is 0. The van der Waals surface area contributed by atoms with Crippen molar-refractivity contribution in [1.82, 2.24) is 0 Å². The number of carbonyl (C=O) groups is 1. The molecule has 0 unspecified atom stereocenters. The number of halogens is 2. The molecule has 25 heavy (non-hydrogen) atoms. The van der Waals surface area contributed by atoms with Crippen LogP contribution in [0, 0.1) is 5.82 Å². The third kappa shape index (κ3) is 3.89. The van der Waals surface area contributed by atoms with Crippen molar-refractivity contribution in [3.05, 3.63) is 83.1 Å². The lowest BCUT2D eigenvalue weighted by molar-refractivity contribution is 0.0527. The summed E-state index contributed by atoms with van der Waals surface area (Å²) in [6.45, 7) is 2.05. The zero-order valence-corrected chi connectivity index (χ0v) is 14.4. The van der Waals surface area contributed by atoms with Gasteiger partial charge >= 0.3 is 5.97 Å². The molecule has 0 bridgehead atoms. The Balaban J connectivity index is 2.10. The predicted molar refractivity (Wildman–Crippen MR) is 98.2 cm³/mol. The maximum atomic E-state index is 13.2. The van der Waals surface area contributed by atoms with Gasteiger partial charge in [0.2, 0.25) is 0 Å². The highest BCUT2D eigenvalue weighted by atomic mass is 35.5. The van der Waals surface area contributed by atoms with Gasteiger partial charge < -0.3 is 4.74 Å². The molecule has 0 aromatic heterocycles. The summed E-state index contributed by atoms with van der Waals surface area (Å²) >= 11 is 5.94. The van der Waals surface area contributed by atoms with E-state index < -0.39 is 5.97 Å². The Bertz CT molecular complexity index is 887. The molecule has 0 radical (unpaired) electrons. The van der Waals surface area contributed by atoms with E-state index in [1.54, 1.807) is 37.3 Å². The molecule has 4 heteroatoms. The standard InChI is InChI=1S/C21H16ClFO2/c1-2-25-21(24)20-13-16(14-3-8-17(22)9-4-14)7-12-19(20)15-5-10-18(23)11-6-15/h3-13H,2H2,1H3. The molecule has 0 aliphatic heterocycles. The lowest BCUT2D eigenvalue weighted by Gasteiger charge is -2.12. The van der Waals surface area contributed by atoms with Crippen LogP contribution >= 0.6 is 11.6 Å². The van der Waals surface area contributed by atoms with Crippen LogP contribution in [-0.4, -0.2) is 12.6 Å². The predicted octanol–water partition coefficient (Wildman–Crippen LogP) is 5.99. The summed E-state index contributed by atoms with van der Waals surface area (Å²) in [4.78, 5) is 12.4. The number of esters is 1. The third-order valence-corrected chi connectivity index (χ3v) is 4.10. The lowest BCUT2D eigenvalue weighted by atomic mass is 9.95. The van der Waals surface area contributed by atoms with Gasteiger partial charge in [-0.1, -0.05) is 48.0 Å². The minimum Gasteiger partial charge on any atom is -0.462 e. The molecule has 3 rings (SSSR count). The topological polar surface area (TPSA) is 26.3 Å². The minimum atomic E-state index is -0.405. The van der Waals surface area contributed by atoms with Crippen LogP contribution < -0.4 is 0 Å². The second-order valence-electron chi connectivity index (χ2n) is 5.49. The maximum absolute atomic E-state index is 13.2. The van der Waals surface area contributed by atoms with Crippen LogP contribution in [0.4, 0.5) is 4.39 Å². The van der Waals surface area contributed by atoms with Gasteiger partial charge in [0.1, 0.15) is 5.82 Å². The van der Waals surface area contributed by atoms with E-state index in [0.29, 0.717) is 16.1 Å². The molecule has 0 spiro atoms. The molecule has 0 N–H and O–H groups in total. The summed E-state index contributed by atoms with van der Waals surface area (Å²) in [5, 5.41) is 0.650. The Morgan fingerprint density at radius 2 is 1.52 bits per heavy atom. The highest BCUT2D eigenvalue weighted by Gasteiger charge is 2.15. The van der Waals surface area contributed by atoms with Crippen molar-refractivity contribution < 1.29 is 13.9 Å². The van der Waals surface area contributed by atoms with E-state index in [-0.39, 0.29) is 12.4 Å². The minimum absolute atomic E-state index is 0.285. The normalized spacial score (nSPS) is 10.5. The highest BCUT2D eigenvalue weighted by molar-refractivity contribution is 6.30. The Morgan fingerprint density at radius 1 is 0.920 bits per heavy atom. The molecular formula is C21H16ClFO2. The molecule has 0 aliphatic rings. The van der Waals surface area contributed by atoms with Gasteiger partial charge in [-0.25, -0.2) is 9.18 Å². The van der Waals surface area contributed by atoms with Crippen LogP contribution in [-0.2, 0) is 4.74 Å². The van der Waals surface area contributed by atoms with Crippen molar-refractivity contribution in [2.24, 2.45) is 0 Å². The molecule has 0 amide bonds. The zero-order chi connectivity index (χ0) is 17.8. The van der Waals surface area contributed by atoms with Gasteiger partial charge in [0, 0.05) is 5.02 Å².